The summed E-state index contributed by atoms with van der Waals surface area (Å²) in [5, 5.41) is 11.8. The van der Waals surface area contributed by atoms with Crippen LogP contribution in [0.25, 0.3) is 0 Å². The van der Waals surface area contributed by atoms with E-state index in [-0.39, 0.29) is 5.84 Å². The van der Waals surface area contributed by atoms with Crippen LogP contribution in [0.3, 0.4) is 0 Å². The zero-order valence-electron chi connectivity index (χ0n) is 10.5. The molecule has 0 spiro atoms. The van der Waals surface area contributed by atoms with E-state index in [9.17, 15) is 0 Å². The molecular formula is C13H16N4O. The van der Waals surface area contributed by atoms with Crippen LogP contribution in [-0.4, -0.2) is 22.7 Å². The van der Waals surface area contributed by atoms with Crippen molar-refractivity contribution in [3.8, 4) is 5.75 Å². The Hall–Kier alpha value is -2.30. The van der Waals surface area contributed by atoms with Gasteiger partial charge in [0.05, 0.1) is 25.4 Å². The highest BCUT2D eigenvalue weighted by molar-refractivity contribution is 5.97. The number of methoxy groups -OCH3 is 1. The van der Waals surface area contributed by atoms with Gasteiger partial charge in [0.15, 0.2) is 0 Å². The van der Waals surface area contributed by atoms with Crippen LogP contribution in [0.1, 0.15) is 16.7 Å². The van der Waals surface area contributed by atoms with E-state index in [1.165, 1.54) is 0 Å². The molecule has 0 radical (unpaired) electrons. The molecule has 3 N–H and O–H groups in total. The first kappa shape index (κ1) is 12.2. The highest BCUT2D eigenvalue weighted by atomic mass is 16.5. The number of rotatable bonds is 4. The minimum absolute atomic E-state index is 0.00495. The first-order valence-electron chi connectivity index (χ1n) is 5.60. The van der Waals surface area contributed by atoms with E-state index in [0.29, 0.717) is 17.9 Å². The summed E-state index contributed by atoms with van der Waals surface area (Å²) >= 11 is 0. The first-order chi connectivity index (χ1) is 8.60. The predicted molar refractivity (Wildman–Crippen MR) is 70.1 cm³/mol. The Balaban J connectivity index is 2.29. The molecule has 0 fully saturated rings. The van der Waals surface area contributed by atoms with Gasteiger partial charge < -0.3 is 10.5 Å². The van der Waals surface area contributed by atoms with Crippen LogP contribution < -0.4 is 10.5 Å². The molecule has 0 atom stereocenters. The molecular weight excluding hydrogens is 228 g/mol. The third-order valence-corrected chi connectivity index (χ3v) is 2.66. The molecule has 1 aromatic heterocycles. The van der Waals surface area contributed by atoms with Crippen LogP contribution >= 0.6 is 0 Å². The Kier molecular flexibility index (Phi) is 3.32. The molecule has 5 nitrogen and oxygen atoms in total. The maximum Gasteiger partial charge on any atom is 0.129 e. The Bertz CT molecular complexity index is 574. The van der Waals surface area contributed by atoms with Crippen LogP contribution in [0.15, 0.2) is 30.6 Å². The van der Waals surface area contributed by atoms with Gasteiger partial charge in [-0.1, -0.05) is 6.07 Å². The number of aryl methyl sites for hydroxylation is 1. The molecule has 0 saturated heterocycles. The summed E-state index contributed by atoms with van der Waals surface area (Å²) in [5.74, 6) is 0.619. The maximum atomic E-state index is 7.54. The van der Waals surface area contributed by atoms with Crippen LogP contribution in [0.4, 0.5) is 0 Å². The van der Waals surface area contributed by atoms with E-state index >= 15 is 0 Å². The van der Waals surface area contributed by atoms with Crippen LogP contribution in [0.2, 0.25) is 0 Å². The Labute approximate surface area is 106 Å². The molecule has 0 aliphatic heterocycles. The molecule has 0 bridgehead atoms. The maximum absolute atomic E-state index is 7.54. The molecule has 18 heavy (non-hydrogen) atoms. The van der Waals surface area contributed by atoms with Crippen molar-refractivity contribution < 1.29 is 4.74 Å². The monoisotopic (exact) mass is 244 g/mol. The second-order valence-electron chi connectivity index (χ2n) is 4.16. The number of amidine groups is 1. The SMILES string of the molecule is COc1ccc(Cn2cc(C)cn2)cc1C(=N)N. The van der Waals surface area contributed by atoms with Gasteiger partial charge in [-0.2, -0.15) is 5.10 Å². The van der Waals surface area contributed by atoms with Crippen molar-refractivity contribution in [3.63, 3.8) is 0 Å². The molecule has 2 rings (SSSR count). The van der Waals surface area contributed by atoms with Crippen LogP contribution in [0, 0.1) is 12.3 Å². The van der Waals surface area contributed by atoms with Crippen molar-refractivity contribution in [2.75, 3.05) is 7.11 Å². The van der Waals surface area contributed by atoms with E-state index < -0.39 is 0 Å². The van der Waals surface area contributed by atoms with E-state index in [2.05, 4.69) is 5.10 Å². The minimum atomic E-state index is 0.00495. The van der Waals surface area contributed by atoms with Crippen LogP contribution in [0.5, 0.6) is 5.75 Å². The van der Waals surface area contributed by atoms with Gasteiger partial charge in [0.25, 0.3) is 0 Å². The average molecular weight is 244 g/mol. The standard InChI is InChI=1S/C13H16N4O/c1-9-6-16-17(7-9)8-10-3-4-12(18-2)11(5-10)13(14)15/h3-7H,8H2,1-2H3,(H3,14,15). The normalized spacial score (nSPS) is 10.3. The van der Waals surface area contributed by atoms with E-state index in [4.69, 9.17) is 15.9 Å². The average Bonchev–Trinajstić information content (AvgIpc) is 2.74. The highest BCUT2D eigenvalue weighted by Gasteiger charge is 2.07. The molecule has 94 valence electrons. The van der Waals surface area contributed by atoms with Gasteiger partial charge in [0.1, 0.15) is 11.6 Å². The van der Waals surface area contributed by atoms with E-state index in [0.717, 1.165) is 11.1 Å². The highest BCUT2D eigenvalue weighted by Crippen LogP contribution is 2.19. The van der Waals surface area contributed by atoms with Crippen molar-refractivity contribution in [1.29, 1.82) is 5.41 Å². The molecule has 0 aliphatic rings. The Morgan fingerprint density at radius 2 is 2.28 bits per heavy atom. The van der Waals surface area contributed by atoms with E-state index in [1.54, 1.807) is 7.11 Å². The third-order valence-electron chi connectivity index (χ3n) is 2.66. The molecule has 0 aliphatic carbocycles. The summed E-state index contributed by atoms with van der Waals surface area (Å²) in [6, 6.07) is 5.63. The number of benzene rings is 1. The lowest BCUT2D eigenvalue weighted by atomic mass is 10.1. The van der Waals surface area contributed by atoms with Gasteiger partial charge in [-0.25, -0.2) is 0 Å². The summed E-state index contributed by atoms with van der Waals surface area (Å²) in [6.07, 6.45) is 3.78. The molecule has 1 heterocycles. The van der Waals surface area contributed by atoms with Crippen molar-refractivity contribution in [1.82, 2.24) is 9.78 Å². The topological polar surface area (TPSA) is 76.9 Å². The molecule has 0 saturated carbocycles. The zero-order chi connectivity index (χ0) is 13.1. The van der Waals surface area contributed by atoms with Crippen LogP contribution in [-0.2, 0) is 6.54 Å². The summed E-state index contributed by atoms with van der Waals surface area (Å²) in [7, 11) is 1.57. The second-order valence-corrected chi connectivity index (χ2v) is 4.16. The molecule has 5 heteroatoms. The lowest BCUT2D eigenvalue weighted by Gasteiger charge is -2.09. The van der Waals surface area contributed by atoms with Crippen molar-refractivity contribution in [3.05, 3.63) is 47.3 Å². The van der Waals surface area contributed by atoms with Crippen molar-refractivity contribution in [2.24, 2.45) is 5.73 Å². The van der Waals surface area contributed by atoms with Gasteiger partial charge in [-0.15, -0.1) is 0 Å². The van der Waals surface area contributed by atoms with E-state index in [1.807, 2.05) is 42.2 Å². The number of ether oxygens (including phenoxy) is 1. The number of nitrogens with two attached hydrogens (primary N) is 1. The largest absolute Gasteiger partial charge is 0.496 e. The quantitative estimate of drug-likeness (QED) is 0.632. The fourth-order valence-electron chi connectivity index (χ4n) is 1.80. The summed E-state index contributed by atoms with van der Waals surface area (Å²) in [4.78, 5) is 0. The van der Waals surface area contributed by atoms with Gasteiger partial charge in [-0.3, -0.25) is 10.1 Å². The molecule has 1 aromatic carbocycles. The second kappa shape index (κ2) is 4.91. The number of nitrogens with one attached hydrogen (secondary N) is 1. The number of aromatic nitrogens is 2. The van der Waals surface area contributed by atoms with Gasteiger partial charge in [-0.05, 0) is 30.2 Å². The molecule has 2 aromatic rings. The fraction of sp³-hybridized carbons (Fsp3) is 0.231. The summed E-state index contributed by atoms with van der Waals surface area (Å²) < 4.78 is 7.02. The van der Waals surface area contributed by atoms with Crippen molar-refractivity contribution >= 4 is 5.84 Å². The third kappa shape index (κ3) is 2.51. The summed E-state index contributed by atoms with van der Waals surface area (Å²) in [5.41, 5.74) is 8.30. The first-order valence-corrected chi connectivity index (χ1v) is 5.60. The molecule has 0 amide bonds. The molecule has 0 unspecified atom stereocenters. The number of hydrogen-bond acceptors (Lipinski definition) is 3. The number of nitrogen functional groups attached to an aromatic ring is 1. The fourth-order valence-corrected chi connectivity index (χ4v) is 1.80. The lowest BCUT2D eigenvalue weighted by Crippen LogP contribution is -2.13. The zero-order valence-corrected chi connectivity index (χ0v) is 10.5. The minimum Gasteiger partial charge on any atom is -0.496 e. The number of hydrogen-bond donors (Lipinski definition) is 2. The van der Waals surface area contributed by atoms with Gasteiger partial charge in [0.2, 0.25) is 0 Å². The lowest BCUT2D eigenvalue weighted by molar-refractivity contribution is 0.413. The summed E-state index contributed by atoms with van der Waals surface area (Å²) in [6.45, 7) is 2.65. The van der Waals surface area contributed by atoms with Gasteiger partial charge in [0, 0.05) is 6.20 Å². The van der Waals surface area contributed by atoms with Gasteiger partial charge >= 0.3 is 0 Å². The Morgan fingerprint density at radius 1 is 1.50 bits per heavy atom. The number of nitrogens with zero attached hydrogens (tertiary/aromatic N) is 2. The predicted octanol–water partition coefficient (Wildman–Crippen LogP) is 1.53. The van der Waals surface area contributed by atoms with Crippen molar-refractivity contribution in [2.45, 2.75) is 13.5 Å². The smallest absolute Gasteiger partial charge is 0.129 e. The Morgan fingerprint density at radius 3 is 2.83 bits per heavy atom.